The number of nitrogens with two attached hydrogens (primary N) is 1. The Kier molecular flexibility index (Phi) is 3.19. The fourth-order valence-electron chi connectivity index (χ4n) is 2.78. The number of carbonyl (C=O) groups is 1. The van der Waals surface area contributed by atoms with Gasteiger partial charge in [-0.1, -0.05) is 18.2 Å². The highest BCUT2D eigenvalue weighted by Gasteiger charge is 2.42. The zero-order chi connectivity index (χ0) is 13.3. The third-order valence-electron chi connectivity index (χ3n) is 4.29. The van der Waals surface area contributed by atoms with E-state index in [1.165, 1.54) is 12.8 Å². The molecule has 19 heavy (non-hydrogen) atoms. The molecule has 1 aliphatic carbocycles. The van der Waals surface area contributed by atoms with Crippen LogP contribution in [0.15, 0.2) is 24.3 Å². The maximum atomic E-state index is 12.3. The summed E-state index contributed by atoms with van der Waals surface area (Å²) in [6, 6.07) is 7.77. The van der Waals surface area contributed by atoms with Crippen molar-refractivity contribution in [3.05, 3.63) is 29.8 Å². The lowest BCUT2D eigenvalue weighted by Crippen LogP contribution is -2.35. The molecule has 4 heteroatoms. The van der Waals surface area contributed by atoms with Crippen LogP contribution in [0.2, 0.25) is 0 Å². The van der Waals surface area contributed by atoms with Crippen LogP contribution in [-0.2, 0) is 4.79 Å². The maximum absolute atomic E-state index is 12.3. The minimum Gasteiger partial charge on any atom is -0.492 e. The van der Waals surface area contributed by atoms with Crippen LogP contribution >= 0.6 is 0 Å². The average Bonchev–Trinajstić information content (AvgIpc) is 3.05. The van der Waals surface area contributed by atoms with Gasteiger partial charge in [0.25, 0.3) is 0 Å². The molecule has 3 rings (SSSR count). The van der Waals surface area contributed by atoms with E-state index in [4.69, 9.17) is 10.5 Å². The number of nitrogens with one attached hydrogen (secondary N) is 1. The van der Waals surface area contributed by atoms with Crippen LogP contribution in [0.5, 0.6) is 5.75 Å². The minimum absolute atomic E-state index is 0.0771. The molecule has 1 amide bonds. The molecule has 4 nitrogen and oxygen atoms in total. The van der Waals surface area contributed by atoms with E-state index in [1.54, 1.807) is 0 Å². The van der Waals surface area contributed by atoms with Crippen molar-refractivity contribution in [3.8, 4) is 5.75 Å². The quantitative estimate of drug-likeness (QED) is 0.841. The molecule has 2 aliphatic rings. The van der Waals surface area contributed by atoms with Gasteiger partial charge in [0.05, 0.1) is 0 Å². The number of benzene rings is 1. The van der Waals surface area contributed by atoms with E-state index in [0.717, 1.165) is 24.3 Å². The van der Waals surface area contributed by atoms with E-state index in [0.29, 0.717) is 13.2 Å². The molecular weight excluding hydrogens is 240 g/mol. The highest BCUT2D eigenvalue weighted by Crippen LogP contribution is 2.47. The summed E-state index contributed by atoms with van der Waals surface area (Å²) in [6.45, 7) is 1.90. The fraction of sp³-hybridized carbons (Fsp3) is 0.533. The molecule has 0 radical (unpaired) electrons. The lowest BCUT2D eigenvalue weighted by molar-refractivity contribution is -0.123. The second-order valence-electron chi connectivity index (χ2n) is 5.66. The van der Waals surface area contributed by atoms with Gasteiger partial charge in [0.1, 0.15) is 18.3 Å². The Bertz CT molecular complexity index is 483. The molecule has 3 N–H and O–H groups in total. The second-order valence-corrected chi connectivity index (χ2v) is 5.66. The number of hydrogen-bond acceptors (Lipinski definition) is 3. The first-order valence-corrected chi connectivity index (χ1v) is 6.94. The minimum atomic E-state index is -0.162. The van der Waals surface area contributed by atoms with Crippen molar-refractivity contribution >= 4 is 5.91 Å². The Morgan fingerprint density at radius 1 is 1.42 bits per heavy atom. The fourth-order valence-corrected chi connectivity index (χ4v) is 2.78. The predicted molar refractivity (Wildman–Crippen MR) is 73.0 cm³/mol. The molecule has 1 aromatic rings. The van der Waals surface area contributed by atoms with Gasteiger partial charge >= 0.3 is 0 Å². The Morgan fingerprint density at radius 3 is 2.95 bits per heavy atom. The van der Waals surface area contributed by atoms with Crippen molar-refractivity contribution < 1.29 is 9.53 Å². The molecule has 102 valence electrons. The summed E-state index contributed by atoms with van der Waals surface area (Å²) in [4.78, 5) is 12.3. The molecule has 1 heterocycles. The molecule has 1 aliphatic heterocycles. The van der Waals surface area contributed by atoms with E-state index in [1.807, 2.05) is 24.3 Å². The monoisotopic (exact) mass is 260 g/mol. The van der Waals surface area contributed by atoms with E-state index in [2.05, 4.69) is 5.32 Å². The third-order valence-corrected chi connectivity index (χ3v) is 4.29. The van der Waals surface area contributed by atoms with Crippen molar-refractivity contribution in [1.29, 1.82) is 0 Å². The number of amides is 1. The molecule has 0 spiro atoms. The van der Waals surface area contributed by atoms with Crippen molar-refractivity contribution in [2.45, 2.75) is 25.2 Å². The summed E-state index contributed by atoms with van der Waals surface area (Å²) in [5, 5.41) is 3.08. The molecule has 1 unspecified atom stereocenters. The molecule has 0 bridgehead atoms. The van der Waals surface area contributed by atoms with Crippen molar-refractivity contribution in [2.75, 3.05) is 19.7 Å². The summed E-state index contributed by atoms with van der Waals surface area (Å²) in [7, 11) is 0. The van der Waals surface area contributed by atoms with Gasteiger partial charge in [-0.2, -0.15) is 0 Å². The van der Waals surface area contributed by atoms with Gasteiger partial charge < -0.3 is 15.8 Å². The Morgan fingerprint density at radius 2 is 2.21 bits per heavy atom. The first-order valence-electron chi connectivity index (χ1n) is 6.94. The highest BCUT2D eigenvalue weighted by molar-refractivity contribution is 5.85. The smallest absolute Gasteiger partial charge is 0.231 e. The van der Waals surface area contributed by atoms with Crippen LogP contribution in [-0.4, -0.2) is 25.6 Å². The van der Waals surface area contributed by atoms with Crippen LogP contribution in [0, 0.1) is 5.41 Å². The molecule has 1 atom stereocenters. The van der Waals surface area contributed by atoms with Gasteiger partial charge in [0, 0.05) is 12.1 Å². The summed E-state index contributed by atoms with van der Waals surface area (Å²) < 4.78 is 5.55. The average molecular weight is 260 g/mol. The molecule has 1 fully saturated rings. The highest BCUT2D eigenvalue weighted by atomic mass is 16.5. The number of rotatable bonds is 5. The van der Waals surface area contributed by atoms with Gasteiger partial charge in [-0.05, 0) is 37.3 Å². The van der Waals surface area contributed by atoms with Gasteiger partial charge in [0.2, 0.25) is 5.91 Å². The summed E-state index contributed by atoms with van der Waals surface area (Å²) in [5.41, 5.74) is 6.90. The number of fused-ring (bicyclic) bond motifs is 1. The lowest BCUT2D eigenvalue weighted by Gasteiger charge is -2.16. The normalized spacial score (nSPS) is 22.5. The lowest BCUT2D eigenvalue weighted by atomic mass is 9.99. The van der Waals surface area contributed by atoms with Crippen LogP contribution in [0.4, 0.5) is 0 Å². The SMILES string of the molecule is NCCC1(CNC(=O)C2COc3ccccc32)CC1. The van der Waals surface area contributed by atoms with Gasteiger partial charge in [-0.15, -0.1) is 0 Å². The largest absolute Gasteiger partial charge is 0.492 e. The Balaban J connectivity index is 1.60. The molecular formula is C15H20N2O2. The zero-order valence-corrected chi connectivity index (χ0v) is 11.0. The predicted octanol–water partition coefficient (Wildman–Crippen LogP) is 1.41. The molecule has 1 aromatic carbocycles. The first kappa shape index (κ1) is 12.5. The molecule has 1 saturated carbocycles. The molecule has 0 saturated heterocycles. The van der Waals surface area contributed by atoms with Gasteiger partial charge in [-0.3, -0.25) is 4.79 Å². The van der Waals surface area contributed by atoms with Crippen molar-refractivity contribution in [3.63, 3.8) is 0 Å². The first-order chi connectivity index (χ1) is 9.24. The van der Waals surface area contributed by atoms with Crippen LogP contribution in [0.1, 0.15) is 30.7 Å². The van der Waals surface area contributed by atoms with E-state index in [-0.39, 0.29) is 17.2 Å². The number of hydrogen-bond donors (Lipinski definition) is 2. The summed E-state index contributed by atoms with van der Waals surface area (Å²) in [5.74, 6) is 0.754. The van der Waals surface area contributed by atoms with Gasteiger partial charge in [-0.25, -0.2) is 0 Å². The summed E-state index contributed by atoms with van der Waals surface area (Å²) >= 11 is 0. The second kappa shape index (κ2) is 4.85. The topological polar surface area (TPSA) is 64.3 Å². The third kappa shape index (κ3) is 2.45. The zero-order valence-electron chi connectivity index (χ0n) is 11.0. The maximum Gasteiger partial charge on any atom is 0.231 e. The van der Waals surface area contributed by atoms with E-state index in [9.17, 15) is 4.79 Å². The Hall–Kier alpha value is -1.55. The van der Waals surface area contributed by atoms with Crippen LogP contribution in [0.25, 0.3) is 0 Å². The van der Waals surface area contributed by atoms with Crippen molar-refractivity contribution in [2.24, 2.45) is 11.1 Å². The number of carbonyl (C=O) groups excluding carboxylic acids is 1. The Labute approximate surface area is 113 Å². The van der Waals surface area contributed by atoms with Crippen LogP contribution in [0.3, 0.4) is 0 Å². The standard InChI is InChI=1S/C15H20N2O2/c16-8-7-15(5-6-15)10-17-14(18)12-9-19-13-4-2-1-3-11(12)13/h1-4,12H,5-10,16H2,(H,17,18). The van der Waals surface area contributed by atoms with Crippen molar-refractivity contribution in [1.82, 2.24) is 5.32 Å². The van der Waals surface area contributed by atoms with E-state index < -0.39 is 0 Å². The summed E-state index contributed by atoms with van der Waals surface area (Å²) in [6.07, 6.45) is 3.37. The molecule has 0 aromatic heterocycles. The number of ether oxygens (including phenoxy) is 1. The van der Waals surface area contributed by atoms with Gasteiger partial charge in [0.15, 0.2) is 0 Å². The van der Waals surface area contributed by atoms with E-state index >= 15 is 0 Å². The van der Waals surface area contributed by atoms with Crippen LogP contribution < -0.4 is 15.8 Å². The number of para-hydroxylation sites is 1.